The fraction of sp³-hybridized carbons (Fsp3) is 0.375. The van der Waals surface area contributed by atoms with E-state index < -0.39 is 21.7 Å². The van der Waals surface area contributed by atoms with Gasteiger partial charge in [-0.3, -0.25) is 9.79 Å². The van der Waals surface area contributed by atoms with Gasteiger partial charge in [-0.05, 0) is 56.0 Å². The normalized spacial score (nSPS) is 28.6. The van der Waals surface area contributed by atoms with Gasteiger partial charge in [0.1, 0.15) is 5.78 Å². The van der Waals surface area contributed by atoms with Crippen molar-refractivity contribution in [3.63, 3.8) is 0 Å². The topological polar surface area (TPSA) is 63.6 Å². The van der Waals surface area contributed by atoms with Crippen LogP contribution in [0.4, 0.5) is 0 Å². The number of allylic oxidation sites excluding steroid dienone is 2. The van der Waals surface area contributed by atoms with E-state index >= 15 is 0 Å². The number of benzene rings is 1. The second kappa shape index (κ2) is 5.36. The highest BCUT2D eigenvalue weighted by Crippen LogP contribution is 2.49. The van der Waals surface area contributed by atoms with Gasteiger partial charge in [0.25, 0.3) is 0 Å². The summed E-state index contributed by atoms with van der Waals surface area (Å²) < 4.78 is 26.9. The van der Waals surface area contributed by atoms with Gasteiger partial charge in [0.05, 0.1) is 22.3 Å². The molecule has 2 heterocycles. The Kier molecular flexibility index (Phi) is 3.66. The summed E-state index contributed by atoms with van der Waals surface area (Å²) in [5.41, 5.74) is 2.37. The zero-order valence-electron chi connectivity index (χ0n) is 12.1. The maximum absolute atomic E-state index is 12.6. The predicted octanol–water partition coefficient (Wildman–Crippen LogP) is 3.76. The largest absolute Gasteiger partial charge is 0.299 e. The molecule has 1 aliphatic carbocycles. The van der Waals surface area contributed by atoms with Gasteiger partial charge in [-0.25, -0.2) is 8.42 Å². The first kappa shape index (κ1) is 15.7. The van der Waals surface area contributed by atoms with Gasteiger partial charge in [-0.2, -0.15) is 0 Å². The Morgan fingerprint density at radius 2 is 1.83 bits per heavy atom. The number of fused-ring (bicyclic) bond motifs is 1. The monoisotopic (exact) mass is 457 g/mol. The van der Waals surface area contributed by atoms with E-state index in [1.807, 2.05) is 18.2 Å². The van der Waals surface area contributed by atoms with Gasteiger partial charge in [-0.1, -0.05) is 6.07 Å². The Bertz CT molecular complexity index is 902. The molecule has 0 saturated heterocycles. The highest BCUT2D eigenvalue weighted by Gasteiger charge is 2.49. The lowest BCUT2D eigenvalue weighted by atomic mass is 9.81. The van der Waals surface area contributed by atoms with Crippen LogP contribution in [0.3, 0.4) is 0 Å². The molecule has 1 aromatic rings. The minimum atomic E-state index is -3.34. The Balaban J connectivity index is 1.95. The molecule has 0 N–H and O–H groups in total. The maximum Gasteiger partial charge on any atom is 0.177 e. The van der Waals surface area contributed by atoms with Crippen LogP contribution in [-0.4, -0.2) is 25.7 Å². The molecule has 7 heteroatoms. The van der Waals surface area contributed by atoms with E-state index in [0.29, 0.717) is 29.9 Å². The molecule has 3 aliphatic rings. The van der Waals surface area contributed by atoms with Gasteiger partial charge >= 0.3 is 0 Å². The molecule has 0 spiro atoms. The van der Waals surface area contributed by atoms with Crippen LogP contribution in [0.2, 0.25) is 0 Å². The van der Waals surface area contributed by atoms with Crippen LogP contribution >= 0.6 is 31.9 Å². The van der Waals surface area contributed by atoms with Gasteiger partial charge in [0.2, 0.25) is 0 Å². The first-order chi connectivity index (χ1) is 10.9. The van der Waals surface area contributed by atoms with Crippen molar-refractivity contribution in [2.24, 2.45) is 10.9 Å². The molecule has 4 rings (SSSR count). The molecule has 1 saturated carbocycles. The summed E-state index contributed by atoms with van der Waals surface area (Å²) in [6, 6.07) is 5.68. The Labute approximate surface area is 151 Å². The Morgan fingerprint density at radius 3 is 2.57 bits per heavy atom. The Hall–Kier alpha value is -0.790. The molecular weight excluding hydrogens is 446 g/mol. The number of carbonyl (C=O) groups excluding carboxylic acids is 1. The third kappa shape index (κ3) is 2.39. The van der Waals surface area contributed by atoms with Crippen molar-refractivity contribution in [2.75, 3.05) is 5.75 Å². The number of carbonyl (C=O) groups is 1. The van der Waals surface area contributed by atoms with E-state index in [1.54, 1.807) is 0 Å². The minimum Gasteiger partial charge on any atom is -0.299 e. The summed E-state index contributed by atoms with van der Waals surface area (Å²) >= 11 is 6.91. The molecule has 0 bridgehead atoms. The zero-order chi connectivity index (χ0) is 16.4. The quantitative estimate of drug-likeness (QED) is 0.643. The van der Waals surface area contributed by atoms with Crippen LogP contribution in [-0.2, 0) is 14.6 Å². The summed E-state index contributed by atoms with van der Waals surface area (Å²) in [5.74, 6) is -0.649. The SMILES string of the molecule is O=C1CCC2=NC3=C(C(c4ccc(Br)c(Br)c4)C12)S(=O)(=O)CC3. The second-order valence-electron chi connectivity index (χ2n) is 6.08. The number of nitrogens with zero attached hydrogens (tertiary/aromatic N) is 1. The maximum atomic E-state index is 12.6. The van der Waals surface area contributed by atoms with Gasteiger partial charge in [-0.15, -0.1) is 0 Å². The summed E-state index contributed by atoms with van der Waals surface area (Å²) in [5, 5.41) is 0. The number of hydrogen-bond donors (Lipinski definition) is 0. The standard InChI is InChI=1S/C16H13Br2NO3S/c17-9-2-1-8(7-10(9)18)14-15-11(3-4-13(15)20)19-12-5-6-23(21,22)16(12)14/h1-2,7,14-15H,3-6H2. The fourth-order valence-electron chi connectivity index (χ4n) is 3.75. The van der Waals surface area contributed by atoms with Gasteiger partial charge in [0, 0.05) is 33.4 Å². The van der Waals surface area contributed by atoms with Gasteiger partial charge in [0.15, 0.2) is 9.84 Å². The first-order valence-electron chi connectivity index (χ1n) is 7.39. The molecule has 1 fully saturated rings. The zero-order valence-corrected chi connectivity index (χ0v) is 16.0. The van der Waals surface area contributed by atoms with Crippen molar-refractivity contribution in [1.29, 1.82) is 0 Å². The van der Waals surface area contributed by atoms with E-state index in [-0.39, 0.29) is 11.5 Å². The van der Waals surface area contributed by atoms with Crippen molar-refractivity contribution >= 4 is 53.2 Å². The summed E-state index contributed by atoms with van der Waals surface area (Å²) in [6.45, 7) is 0. The molecule has 23 heavy (non-hydrogen) atoms. The van der Waals surface area contributed by atoms with E-state index in [2.05, 4.69) is 36.9 Å². The number of Topliss-reactive ketones (excluding diaryl/α,β-unsaturated/α-hetero) is 1. The van der Waals surface area contributed by atoms with Crippen LogP contribution < -0.4 is 0 Å². The number of aliphatic imine (C=N–C) groups is 1. The molecule has 4 nitrogen and oxygen atoms in total. The molecule has 0 aromatic heterocycles. The lowest BCUT2D eigenvalue weighted by Crippen LogP contribution is -2.29. The Morgan fingerprint density at radius 1 is 1.04 bits per heavy atom. The summed E-state index contributed by atoms with van der Waals surface area (Å²) in [7, 11) is -3.34. The van der Waals surface area contributed by atoms with Crippen LogP contribution in [0.15, 0.2) is 42.7 Å². The highest BCUT2D eigenvalue weighted by atomic mass is 79.9. The third-order valence-electron chi connectivity index (χ3n) is 4.76. The van der Waals surface area contributed by atoms with Crippen molar-refractivity contribution in [1.82, 2.24) is 0 Å². The van der Waals surface area contributed by atoms with E-state index in [4.69, 9.17) is 0 Å². The fourth-order valence-corrected chi connectivity index (χ4v) is 6.24. The molecule has 2 atom stereocenters. The molecule has 2 aliphatic heterocycles. The highest BCUT2D eigenvalue weighted by molar-refractivity contribution is 9.13. The molecule has 120 valence electrons. The molecule has 0 radical (unpaired) electrons. The number of sulfone groups is 1. The molecule has 1 aromatic carbocycles. The van der Waals surface area contributed by atoms with Crippen molar-refractivity contribution < 1.29 is 13.2 Å². The first-order valence-corrected chi connectivity index (χ1v) is 10.6. The van der Waals surface area contributed by atoms with E-state index in [1.165, 1.54) is 0 Å². The summed E-state index contributed by atoms with van der Waals surface area (Å²) in [6.07, 6.45) is 1.56. The van der Waals surface area contributed by atoms with Crippen LogP contribution in [0, 0.1) is 5.92 Å². The number of halogens is 2. The average molecular weight is 459 g/mol. The lowest BCUT2D eigenvalue weighted by molar-refractivity contribution is -0.120. The minimum absolute atomic E-state index is 0.0986. The summed E-state index contributed by atoms with van der Waals surface area (Å²) in [4.78, 5) is 17.3. The van der Waals surface area contributed by atoms with Crippen LogP contribution in [0.1, 0.15) is 30.7 Å². The van der Waals surface area contributed by atoms with Gasteiger partial charge < -0.3 is 0 Å². The number of hydrogen-bond acceptors (Lipinski definition) is 4. The van der Waals surface area contributed by atoms with Crippen molar-refractivity contribution in [3.05, 3.63) is 43.3 Å². The smallest absolute Gasteiger partial charge is 0.177 e. The van der Waals surface area contributed by atoms with Crippen LogP contribution in [0.25, 0.3) is 0 Å². The molecule has 0 amide bonds. The molecular formula is C16H13Br2NO3S. The average Bonchev–Trinajstić information content (AvgIpc) is 3.01. The lowest BCUT2D eigenvalue weighted by Gasteiger charge is -2.28. The molecule has 2 unspecified atom stereocenters. The van der Waals surface area contributed by atoms with Crippen molar-refractivity contribution in [2.45, 2.75) is 25.2 Å². The number of rotatable bonds is 1. The van der Waals surface area contributed by atoms with Crippen molar-refractivity contribution in [3.8, 4) is 0 Å². The number of ketones is 1. The van der Waals surface area contributed by atoms with Crippen LogP contribution in [0.5, 0.6) is 0 Å². The predicted molar refractivity (Wildman–Crippen MR) is 95.2 cm³/mol. The van der Waals surface area contributed by atoms with E-state index in [0.717, 1.165) is 20.2 Å². The third-order valence-corrected chi connectivity index (χ3v) is 8.54. The second-order valence-corrected chi connectivity index (χ2v) is 9.86. The van der Waals surface area contributed by atoms with E-state index in [9.17, 15) is 13.2 Å².